The van der Waals surface area contributed by atoms with E-state index in [-0.39, 0.29) is 18.4 Å². The van der Waals surface area contributed by atoms with Crippen LogP contribution in [0.3, 0.4) is 0 Å². The number of aliphatic hydroxyl groups is 1. The molecule has 3 atom stereocenters. The first-order valence-corrected chi connectivity index (χ1v) is 11.6. The van der Waals surface area contributed by atoms with Crippen molar-refractivity contribution in [2.75, 3.05) is 11.9 Å². The van der Waals surface area contributed by atoms with E-state index in [1.54, 1.807) is 26.2 Å². The lowest BCUT2D eigenvalue weighted by molar-refractivity contribution is -0.0847. The number of nitrogens with zero attached hydrogens (tertiary/aromatic N) is 3. The minimum atomic E-state index is -1.00. The van der Waals surface area contributed by atoms with Crippen LogP contribution in [-0.2, 0) is 15.1 Å². The number of aryl methyl sites for hydroxylation is 1. The Morgan fingerprint density at radius 3 is 2.77 bits per heavy atom. The molecule has 2 saturated heterocycles. The zero-order chi connectivity index (χ0) is 21.9. The monoisotopic (exact) mass is 480 g/mol. The van der Waals surface area contributed by atoms with Crippen LogP contribution < -0.4 is 5.32 Å². The van der Waals surface area contributed by atoms with Gasteiger partial charge >= 0.3 is 0 Å². The van der Waals surface area contributed by atoms with Gasteiger partial charge in [-0.05, 0) is 32.8 Å². The Hall–Kier alpha value is -1.55. The van der Waals surface area contributed by atoms with Crippen molar-refractivity contribution < 1.29 is 14.6 Å². The van der Waals surface area contributed by atoms with Crippen LogP contribution in [0.25, 0.3) is 20.8 Å². The van der Waals surface area contributed by atoms with Crippen LogP contribution in [0.1, 0.15) is 37.8 Å². The molecule has 0 spiro atoms. The summed E-state index contributed by atoms with van der Waals surface area (Å²) in [4.78, 5) is 14.3. The molecule has 0 radical (unpaired) electrons. The van der Waals surface area contributed by atoms with Crippen molar-refractivity contribution in [1.29, 1.82) is 0 Å². The molecule has 2 aliphatic rings. The second kappa shape index (κ2) is 7.79. The summed E-state index contributed by atoms with van der Waals surface area (Å²) in [6.45, 7) is 6.08. The number of anilines is 1. The fourth-order valence-electron chi connectivity index (χ4n) is 4.19. The second-order valence-electron chi connectivity index (χ2n) is 8.50. The maximum absolute atomic E-state index is 10.5. The van der Waals surface area contributed by atoms with Crippen LogP contribution in [0.2, 0.25) is 10.0 Å². The van der Waals surface area contributed by atoms with Gasteiger partial charge in [0.15, 0.2) is 6.29 Å². The van der Waals surface area contributed by atoms with Crippen molar-refractivity contribution >= 4 is 50.7 Å². The number of thiophene rings is 1. The van der Waals surface area contributed by atoms with Crippen LogP contribution in [0.5, 0.6) is 0 Å². The summed E-state index contributed by atoms with van der Waals surface area (Å²) in [6.07, 6.45) is 4.78. The van der Waals surface area contributed by atoms with E-state index < -0.39 is 5.60 Å². The number of pyridine rings is 1. The quantitative estimate of drug-likeness (QED) is 0.547. The molecule has 0 unspecified atom stereocenters. The molecule has 0 aliphatic carbocycles. The van der Waals surface area contributed by atoms with Crippen molar-refractivity contribution in [1.82, 2.24) is 15.0 Å². The lowest BCUT2D eigenvalue weighted by atomic mass is 9.96. The molecule has 0 amide bonds. The first kappa shape index (κ1) is 21.3. The third kappa shape index (κ3) is 3.90. The highest BCUT2D eigenvalue weighted by Gasteiger charge is 2.36. The smallest absolute Gasteiger partial charge is 0.223 e. The molecule has 2 bridgehead atoms. The van der Waals surface area contributed by atoms with Crippen LogP contribution in [0, 0.1) is 6.92 Å². The molecular weight excluding hydrogens is 459 g/mol. The molecule has 3 aromatic heterocycles. The maximum atomic E-state index is 10.5. The van der Waals surface area contributed by atoms with Gasteiger partial charge in [0.2, 0.25) is 5.95 Å². The first-order valence-electron chi connectivity index (χ1n) is 10.1. The van der Waals surface area contributed by atoms with Crippen molar-refractivity contribution in [3.63, 3.8) is 0 Å². The zero-order valence-corrected chi connectivity index (χ0v) is 19.6. The van der Waals surface area contributed by atoms with Gasteiger partial charge in [-0.15, -0.1) is 11.3 Å². The van der Waals surface area contributed by atoms with Crippen molar-refractivity contribution in [2.45, 2.75) is 57.6 Å². The normalized spacial score (nSPS) is 23.5. The van der Waals surface area contributed by atoms with Crippen molar-refractivity contribution in [2.24, 2.45) is 0 Å². The van der Waals surface area contributed by atoms with E-state index in [4.69, 9.17) is 32.7 Å². The summed E-state index contributed by atoms with van der Waals surface area (Å²) in [6, 6.07) is 0.163. The number of aromatic nitrogens is 3. The number of fused-ring (bicyclic) bond motifs is 3. The predicted octanol–water partition coefficient (Wildman–Crippen LogP) is 4.91. The zero-order valence-electron chi connectivity index (χ0n) is 17.3. The van der Waals surface area contributed by atoms with Gasteiger partial charge in [-0.25, -0.2) is 9.97 Å². The van der Waals surface area contributed by atoms with Crippen LogP contribution in [-0.4, -0.2) is 45.1 Å². The topological polar surface area (TPSA) is 89.4 Å². The molecule has 2 fully saturated rings. The number of nitrogens with one attached hydrogen (secondary N) is 1. The number of halogens is 2. The van der Waals surface area contributed by atoms with E-state index in [1.165, 1.54) is 11.3 Å². The van der Waals surface area contributed by atoms with Crippen molar-refractivity contribution in [3.05, 3.63) is 33.6 Å². The second-order valence-corrected chi connectivity index (χ2v) is 10.3. The fourth-order valence-corrected chi connectivity index (χ4v) is 5.99. The van der Waals surface area contributed by atoms with Gasteiger partial charge in [0.25, 0.3) is 0 Å². The molecular formula is C21H22Cl2N4O3S. The van der Waals surface area contributed by atoms with Gasteiger partial charge in [-0.2, -0.15) is 0 Å². The van der Waals surface area contributed by atoms with Gasteiger partial charge in [-0.1, -0.05) is 23.2 Å². The molecule has 5 heterocycles. The Labute approximate surface area is 193 Å². The van der Waals surface area contributed by atoms with E-state index >= 15 is 0 Å². The van der Waals surface area contributed by atoms with E-state index in [9.17, 15) is 5.11 Å². The van der Waals surface area contributed by atoms with Gasteiger partial charge in [0.1, 0.15) is 11.2 Å². The third-order valence-corrected chi connectivity index (χ3v) is 7.74. The highest BCUT2D eigenvalue weighted by molar-refractivity contribution is 7.23. The molecule has 7 nitrogen and oxygen atoms in total. The average molecular weight is 481 g/mol. The first-order chi connectivity index (χ1) is 14.7. The third-order valence-electron chi connectivity index (χ3n) is 5.68. The summed E-state index contributed by atoms with van der Waals surface area (Å²) >= 11 is 14.6. The van der Waals surface area contributed by atoms with E-state index in [1.807, 2.05) is 6.92 Å². The number of rotatable bonds is 4. The molecule has 5 rings (SSSR count). The molecule has 0 saturated carbocycles. The molecule has 3 aromatic rings. The molecule has 0 aromatic carbocycles. The van der Waals surface area contributed by atoms with Crippen LogP contribution >= 0.6 is 34.5 Å². The Balaban J connectivity index is 1.51. The van der Waals surface area contributed by atoms with E-state index in [2.05, 4.69) is 20.3 Å². The highest BCUT2D eigenvalue weighted by atomic mass is 35.5. The lowest BCUT2D eigenvalue weighted by Crippen LogP contribution is -2.35. The predicted molar refractivity (Wildman–Crippen MR) is 122 cm³/mol. The number of hydrogen-bond acceptors (Lipinski definition) is 8. The summed E-state index contributed by atoms with van der Waals surface area (Å²) in [5.41, 5.74) is 1.93. The highest BCUT2D eigenvalue weighted by Crippen LogP contribution is 2.45. The Morgan fingerprint density at radius 2 is 2.03 bits per heavy atom. The Kier molecular flexibility index (Phi) is 5.36. The lowest BCUT2D eigenvalue weighted by Gasteiger charge is -2.27. The van der Waals surface area contributed by atoms with E-state index in [0.29, 0.717) is 33.8 Å². The summed E-state index contributed by atoms with van der Waals surface area (Å²) in [7, 11) is 0. The Bertz CT molecular complexity index is 1150. The standard InChI is InChI=1S/C21H22Cl2N4O3S/c1-9-12(21(2,3)28)6-24-17-15(23)19(31-18(9)17)16-13(22)7-25-20(27-16)26-10-4-11-8-29-14(5-10)30-11/h6-7,10-11,14,28H,4-5,8H2,1-3H3,(H,25,26,27)/t10-,11+,14-/m1/s1. The largest absolute Gasteiger partial charge is 0.386 e. The number of ether oxygens (including phenoxy) is 2. The molecule has 31 heavy (non-hydrogen) atoms. The van der Waals surface area contributed by atoms with Gasteiger partial charge < -0.3 is 19.9 Å². The molecule has 10 heteroatoms. The molecule has 2 N–H and O–H groups in total. The number of hydrogen-bond donors (Lipinski definition) is 2. The summed E-state index contributed by atoms with van der Waals surface area (Å²) in [5, 5.41) is 14.8. The van der Waals surface area contributed by atoms with Gasteiger partial charge in [-0.3, -0.25) is 4.98 Å². The van der Waals surface area contributed by atoms with Gasteiger partial charge in [0, 0.05) is 24.2 Å². The maximum Gasteiger partial charge on any atom is 0.223 e. The summed E-state index contributed by atoms with van der Waals surface area (Å²) < 4.78 is 12.2. The van der Waals surface area contributed by atoms with Crippen LogP contribution in [0.15, 0.2) is 12.4 Å². The van der Waals surface area contributed by atoms with Gasteiger partial charge in [0.05, 0.1) is 44.1 Å². The van der Waals surface area contributed by atoms with Crippen molar-refractivity contribution in [3.8, 4) is 10.6 Å². The van der Waals surface area contributed by atoms with E-state index in [0.717, 1.165) is 33.5 Å². The van der Waals surface area contributed by atoms with Crippen LogP contribution in [0.4, 0.5) is 5.95 Å². The minimum Gasteiger partial charge on any atom is -0.386 e. The minimum absolute atomic E-state index is 0.110. The molecule has 164 valence electrons. The summed E-state index contributed by atoms with van der Waals surface area (Å²) in [5.74, 6) is 0.487. The molecule has 2 aliphatic heterocycles. The fraction of sp³-hybridized carbons (Fsp3) is 0.476. The average Bonchev–Trinajstić information content (AvgIpc) is 3.22. The Morgan fingerprint density at radius 1 is 1.23 bits per heavy atom. The SMILES string of the molecule is Cc1c(C(C)(C)O)cnc2c(Cl)c(-c3nc(N[C@@H]4C[C@H]5CO[C@@H](C4)O5)ncc3Cl)sc12.